The number of hydrogen-bond donors (Lipinski definition) is 1. The van der Waals surface area contributed by atoms with Crippen molar-refractivity contribution in [2.45, 2.75) is 24.8 Å². The van der Waals surface area contributed by atoms with E-state index in [0.29, 0.717) is 24.4 Å². The molecule has 0 fully saturated rings. The number of nitrogens with zero attached hydrogens (tertiary/aromatic N) is 1. The van der Waals surface area contributed by atoms with Crippen LogP contribution in [0.5, 0.6) is 5.75 Å². The van der Waals surface area contributed by atoms with Crippen molar-refractivity contribution in [1.29, 1.82) is 0 Å². The van der Waals surface area contributed by atoms with Crippen LogP contribution < -0.4 is 9.46 Å². The van der Waals surface area contributed by atoms with Gasteiger partial charge in [0.15, 0.2) is 0 Å². The molecule has 1 N–H and O–H groups in total. The molecule has 0 saturated heterocycles. The maximum absolute atomic E-state index is 12.6. The van der Waals surface area contributed by atoms with Crippen LogP contribution in [0.4, 0.5) is 5.69 Å². The summed E-state index contributed by atoms with van der Waals surface area (Å²) < 4.78 is 58.4. The number of methoxy groups -OCH3 is 1. The Balaban J connectivity index is 1.83. The Morgan fingerprint density at radius 1 is 1.04 bits per heavy atom. The maximum Gasteiger partial charge on any atom is 0.261 e. The van der Waals surface area contributed by atoms with E-state index in [2.05, 4.69) is 4.72 Å². The Kier molecular flexibility index (Phi) is 5.45. The lowest BCUT2D eigenvalue weighted by Gasteiger charge is -2.28. The number of fused-ring (bicyclic) bond motifs is 1. The van der Waals surface area contributed by atoms with Gasteiger partial charge in [-0.05, 0) is 60.9 Å². The monoisotopic (exact) mass is 410 g/mol. The average Bonchev–Trinajstić information content (AvgIpc) is 2.67. The average molecular weight is 411 g/mol. The molecule has 27 heavy (non-hydrogen) atoms. The number of hydrogen-bond acceptors (Lipinski definition) is 5. The first-order chi connectivity index (χ1) is 12.7. The molecular formula is C18H22N2O5S2. The second-order valence-corrected chi connectivity index (χ2v) is 10.2. The Labute approximate surface area is 160 Å². The zero-order valence-corrected chi connectivity index (χ0v) is 16.8. The van der Waals surface area contributed by atoms with Crippen molar-refractivity contribution in [3.05, 3.63) is 53.6 Å². The Morgan fingerprint density at radius 2 is 1.74 bits per heavy atom. The third kappa shape index (κ3) is 4.26. The van der Waals surface area contributed by atoms with Gasteiger partial charge in [-0.1, -0.05) is 6.07 Å². The molecule has 0 atom stereocenters. The summed E-state index contributed by atoms with van der Waals surface area (Å²) in [6.45, 7) is 2.31. The Hall–Kier alpha value is -2.10. The molecule has 3 rings (SSSR count). The van der Waals surface area contributed by atoms with Gasteiger partial charge in [0.05, 0.1) is 17.8 Å². The molecule has 1 aliphatic heterocycles. The van der Waals surface area contributed by atoms with E-state index in [1.165, 1.54) is 23.5 Å². The Morgan fingerprint density at radius 3 is 2.37 bits per heavy atom. The number of nitrogens with one attached hydrogen (secondary N) is 1. The van der Waals surface area contributed by atoms with Crippen molar-refractivity contribution in [3.63, 3.8) is 0 Å². The van der Waals surface area contributed by atoms with Crippen LogP contribution >= 0.6 is 0 Å². The van der Waals surface area contributed by atoms with Gasteiger partial charge in [-0.25, -0.2) is 16.8 Å². The van der Waals surface area contributed by atoms with E-state index in [9.17, 15) is 16.8 Å². The van der Waals surface area contributed by atoms with Crippen molar-refractivity contribution < 1.29 is 21.6 Å². The van der Waals surface area contributed by atoms with E-state index in [4.69, 9.17) is 4.74 Å². The van der Waals surface area contributed by atoms with Crippen LogP contribution in [0.2, 0.25) is 0 Å². The number of sulfonamides is 2. The van der Waals surface area contributed by atoms with E-state index in [-0.39, 0.29) is 17.2 Å². The molecule has 7 nitrogen and oxygen atoms in total. The summed E-state index contributed by atoms with van der Waals surface area (Å²) in [5.41, 5.74) is 2.25. The first kappa shape index (κ1) is 19.7. The molecular weight excluding hydrogens is 388 g/mol. The highest BCUT2D eigenvalue weighted by Crippen LogP contribution is 2.26. The number of anilines is 1. The SMILES string of the molecule is CCS(=O)(=O)N1CCc2ccc(NS(=O)(=O)c3ccc(OC)cc3)cc2C1. The molecule has 1 aliphatic rings. The van der Waals surface area contributed by atoms with Gasteiger partial charge in [0.1, 0.15) is 5.75 Å². The van der Waals surface area contributed by atoms with Crippen LogP contribution in [0, 0.1) is 0 Å². The summed E-state index contributed by atoms with van der Waals surface area (Å²) >= 11 is 0. The van der Waals surface area contributed by atoms with Gasteiger partial charge in [0, 0.05) is 18.8 Å². The topological polar surface area (TPSA) is 92.8 Å². The van der Waals surface area contributed by atoms with E-state index in [1.807, 2.05) is 6.07 Å². The van der Waals surface area contributed by atoms with Gasteiger partial charge in [0.2, 0.25) is 10.0 Å². The summed E-state index contributed by atoms with van der Waals surface area (Å²) in [5.74, 6) is 0.617. The third-order valence-corrected chi connectivity index (χ3v) is 7.79. The molecule has 0 spiro atoms. The standard InChI is InChI=1S/C18H22N2O5S2/c1-3-26(21,22)20-11-10-14-4-5-16(12-15(14)13-20)19-27(23,24)18-8-6-17(25-2)7-9-18/h4-9,12,19H,3,10-11,13H2,1-2H3. The summed E-state index contributed by atoms with van der Waals surface area (Å²) in [6, 6.07) is 11.3. The minimum Gasteiger partial charge on any atom is -0.497 e. The summed E-state index contributed by atoms with van der Waals surface area (Å²) in [5, 5.41) is 0. The number of ether oxygens (including phenoxy) is 1. The fourth-order valence-electron chi connectivity index (χ4n) is 2.98. The second kappa shape index (κ2) is 7.49. The van der Waals surface area contributed by atoms with Crippen molar-refractivity contribution >= 4 is 25.7 Å². The van der Waals surface area contributed by atoms with Crippen molar-refractivity contribution in [1.82, 2.24) is 4.31 Å². The predicted octanol–water partition coefficient (Wildman–Crippen LogP) is 2.20. The van der Waals surface area contributed by atoms with E-state index >= 15 is 0 Å². The molecule has 0 aromatic heterocycles. The van der Waals surface area contributed by atoms with E-state index < -0.39 is 20.0 Å². The highest BCUT2D eigenvalue weighted by molar-refractivity contribution is 7.92. The molecule has 0 unspecified atom stereocenters. The van der Waals surface area contributed by atoms with E-state index in [1.54, 1.807) is 31.2 Å². The molecule has 0 radical (unpaired) electrons. The fraction of sp³-hybridized carbons (Fsp3) is 0.333. The first-order valence-electron chi connectivity index (χ1n) is 8.51. The molecule has 146 valence electrons. The smallest absolute Gasteiger partial charge is 0.261 e. The summed E-state index contributed by atoms with van der Waals surface area (Å²) in [6.07, 6.45) is 0.611. The van der Waals surface area contributed by atoms with Crippen molar-refractivity contribution in [2.75, 3.05) is 24.1 Å². The predicted molar refractivity (Wildman–Crippen MR) is 104 cm³/mol. The highest BCUT2D eigenvalue weighted by atomic mass is 32.2. The van der Waals surface area contributed by atoms with Gasteiger partial charge in [-0.3, -0.25) is 4.72 Å². The van der Waals surface area contributed by atoms with Crippen LogP contribution in [0.3, 0.4) is 0 Å². The quantitative estimate of drug-likeness (QED) is 0.788. The van der Waals surface area contributed by atoms with E-state index in [0.717, 1.165) is 11.1 Å². The van der Waals surface area contributed by atoms with Gasteiger partial charge in [0.25, 0.3) is 10.0 Å². The largest absolute Gasteiger partial charge is 0.497 e. The fourth-order valence-corrected chi connectivity index (χ4v) is 5.10. The zero-order chi connectivity index (χ0) is 19.7. The molecule has 0 saturated carbocycles. The van der Waals surface area contributed by atoms with Crippen LogP contribution in [0.15, 0.2) is 47.4 Å². The number of rotatable bonds is 6. The van der Waals surface area contributed by atoms with Gasteiger partial charge in [-0.2, -0.15) is 4.31 Å². The normalized spacial score (nSPS) is 15.2. The van der Waals surface area contributed by atoms with Gasteiger partial charge < -0.3 is 4.74 Å². The number of benzene rings is 2. The molecule has 1 heterocycles. The molecule has 2 aromatic carbocycles. The lowest BCUT2D eigenvalue weighted by atomic mass is 10.0. The lowest BCUT2D eigenvalue weighted by molar-refractivity contribution is 0.392. The highest BCUT2D eigenvalue weighted by Gasteiger charge is 2.25. The molecule has 0 aliphatic carbocycles. The Bertz CT molecular complexity index is 1030. The van der Waals surface area contributed by atoms with Crippen molar-refractivity contribution in [3.8, 4) is 5.75 Å². The minimum absolute atomic E-state index is 0.0477. The van der Waals surface area contributed by atoms with Crippen molar-refractivity contribution in [2.24, 2.45) is 0 Å². The van der Waals surface area contributed by atoms with Crippen LogP contribution in [0.1, 0.15) is 18.1 Å². The second-order valence-electron chi connectivity index (χ2n) is 6.25. The maximum atomic E-state index is 12.6. The first-order valence-corrected chi connectivity index (χ1v) is 11.6. The van der Waals surface area contributed by atoms with Crippen LogP contribution in [-0.4, -0.2) is 40.5 Å². The van der Waals surface area contributed by atoms with Gasteiger partial charge >= 0.3 is 0 Å². The molecule has 2 aromatic rings. The van der Waals surface area contributed by atoms with Crippen LogP contribution in [-0.2, 0) is 33.0 Å². The lowest BCUT2D eigenvalue weighted by Crippen LogP contribution is -2.36. The minimum atomic E-state index is -3.75. The summed E-state index contributed by atoms with van der Waals surface area (Å²) in [7, 11) is -5.52. The molecule has 9 heteroatoms. The zero-order valence-electron chi connectivity index (χ0n) is 15.2. The van der Waals surface area contributed by atoms with Gasteiger partial charge in [-0.15, -0.1) is 0 Å². The van der Waals surface area contributed by atoms with Crippen LogP contribution in [0.25, 0.3) is 0 Å². The third-order valence-electron chi connectivity index (χ3n) is 4.56. The summed E-state index contributed by atoms with van der Waals surface area (Å²) in [4.78, 5) is 0.121. The molecule has 0 bridgehead atoms. The molecule has 0 amide bonds.